The molecular weight excluding hydrogens is 436 g/mol. The van der Waals surface area contributed by atoms with Gasteiger partial charge in [0, 0.05) is 32.7 Å². The number of fused-ring (bicyclic) bond motifs is 4. The molecule has 0 spiro atoms. The molecule has 0 saturated heterocycles. The Labute approximate surface area is 210 Å². The van der Waals surface area contributed by atoms with E-state index >= 15 is 0 Å². The van der Waals surface area contributed by atoms with Crippen molar-refractivity contribution in [2.24, 2.45) is 0 Å². The third kappa shape index (κ3) is 2.85. The van der Waals surface area contributed by atoms with Crippen molar-refractivity contribution in [3.63, 3.8) is 0 Å². The molecule has 1 aliphatic rings. The lowest BCUT2D eigenvalue weighted by Crippen LogP contribution is -1.98. The van der Waals surface area contributed by atoms with E-state index in [2.05, 4.69) is 126 Å². The van der Waals surface area contributed by atoms with Crippen molar-refractivity contribution in [1.29, 1.82) is 0 Å². The molecule has 2 nitrogen and oxygen atoms in total. The predicted molar refractivity (Wildman–Crippen MR) is 154 cm³/mol. The van der Waals surface area contributed by atoms with Crippen molar-refractivity contribution in [3.05, 3.63) is 127 Å². The van der Waals surface area contributed by atoms with Crippen molar-refractivity contribution < 1.29 is 0 Å². The Bertz CT molecular complexity index is 1920. The average Bonchev–Trinajstić information content (AvgIpc) is 3.50. The molecule has 0 unspecified atom stereocenters. The third-order valence-electron chi connectivity index (χ3n) is 7.58. The molecule has 2 aromatic heterocycles. The van der Waals surface area contributed by atoms with E-state index in [0.29, 0.717) is 0 Å². The first kappa shape index (κ1) is 20.8. The van der Waals surface area contributed by atoms with E-state index in [9.17, 15) is 0 Å². The van der Waals surface area contributed by atoms with Gasteiger partial charge in [-0.25, -0.2) is 0 Å². The van der Waals surface area contributed by atoms with Gasteiger partial charge in [-0.3, -0.25) is 0 Å². The second-order valence-electron chi connectivity index (χ2n) is 9.42. The van der Waals surface area contributed by atoms with Crippen LogP contribution in [0.25, 0.3) is 60.4 Å². The molecule has 0 radical (unpaired) electrons. The highest BCUT2D eigenvalue weighted by molar-refractivity contribution is 6.25. The van der Waals surface area contributed by atoms with Gasteiger partial charge >= 0.3 is 0 Å². The minimum Gasteiger partial charge on any atom is -0.353 e. The fraction of sp³-hybridized carbons (Fsp3) is 0.0588. The summed E-state index contributed by atoms with van der Waals surface area (Å²) in [5.41, 5.74) is 11.6. The summed E-state index contributed by atoms with van der Waals surface area (Å²) in [4.78, 5) is 3.79. The molecule has 0 saturated carbocycles. The van der Waals surface area contributed by atoms with Gasteiger partial charge in [0.05, 0.1) is 16.6 Å². The molecular formula is C34H26N2. The van der Waals surface area contributed by atoms with E-state index in [1.165, 1.54) is 71.6 Å². The summed E-state index contributed by atoms with van der Waals surface area (Å²) in [5, 5.41) is 5.46. The summed E-state index contributed by atoms with van der Waals surface area (Å²) in [6, 6.07) is 37.6. The number of aromatic amines is 1. The van der Waals surface area contributed by atoms with Gasteiger partial charge < -0.3 is 9.55 Å². The number of aryl methyl sites for hydroxylation is 2. The van der Waals surface area contributed by atoms with Crippen LogP contribution in [0.2, 0.25) is 0 Å². The number of nitrogens with zero attached hydrogens (tertiary/aromatic N) is 1. The number of nitrogens with one attached hydrogen (secondary N) is 1. The fourth-order valence-corrected chi connectivity index (χ4v) is 6.11. The molecule has 0 bridgehead atoms. The van der Waals surface area contributed by atoms with Gasteiger partial charge in [-0.1, -0.05) is 72.8 Å². The summed E-state index contributed by atoms with van der Waals surface area (Å²) in [6.07, 6.45) is 2.19. The molecule has 2 heterocycles. The Hall–Kier alpha value is -4.56. The molecule has 5 aromatic carbocycles. The zero-order valence-electron chi connectivity index (χ0n) is 20.1. The van der Waals surface area contributed by atoms with Gasteiger partial charge in [0.2, 0.25) is 0 Å². The molecule has 0 fully saturated rings. The van der Waals surface area contributed by atoms with Crippen LogP contribution in [-0.2, 0) is 12.8 Å². The number of rotatable bonds is 2. The normalized spacial score (nSPS) is 12.4. The number of para-hydroxylation sites is 1. The number of hydrogen-bond acceptors (Lipinski definition) is 0. The van der Waals surface area contributed by atoms with E-state index in [1.807, 2.05) is 0 Å². The SMILES string of the molecule is C=C.c1ccc(-c2cccc(-n3c4cccc5c4c4c(cc6c7ccccc7[nH]c6c43)CC5)c2)cc1. The second-order valence-corrected chi connectivity index (χ2v) is 9.42. The summed E-state index contributed by atoms with van der Waals surface area (Å²) in [5.74, 6) is 0. The van der Waals surface area contributed by atoms with Crippen LogP contribution in [0.4, 0.5) is 0 Å². The molecule has 2 heteroatoms. The Balaban J connectivity index is 0.00000108. The highest BCUT2D eigenvalue weighted by atomic mass is 15.0. The van der Waals surface area contributed by atoms with Crippen LogP contribution < -0.4 is 0 Å². The minimum atomic E-state index is 1.09. The predicted octanol–water partition coefficient (Wildman–Crippen LogP) is 8.99. The Morgan fingerprint density at radius 1 is 0.611 bits per heavy atom. The van der Waals surface area contributed by atoms with Crippen molar-refractivity contribution in [2.75, 3.05) is 0 Å². The Morgan fingerprint density at radius 2 is 1.36 bits per heavy atom. The lowest BCUT2D eigenvalue weighted by Gasteiger charge is -2.13. The molecule has 36 heavy (non-hydrogen) atoms. The first-order valence-corrected chi connectivity index (χ1v) is 12.5. The standard InChI is InChI=1S/C32H22N2.C2H4/c1-2-8-20(9-3-1)22-11-6-12-24(18-22)34-28-15-7-10-21-16-17-23-19-26-25-13-4-5-14-27(25)33-31(26)32(34)30(23)29(21)28;1-2/h1-15,18-19,33H,16-17H2;1-2H2. The van der Waals surface area contributed by atoms with Crippen LogP contribution in [0, 0.1) is 0 Å². The van der Waals surface area contributed by atoms with Crippen molar-refractivity contribution in [2.45, 2.75) is 12.8 Å². The van der Waals surface area contributed by atoms with Crippen molar-refractivity contribution in [3.8, 4) is 16.8 Å². The minimum absolute atomic E-state index is 1.09. The van der Waals surface area contributed by atoms with E-state index in [-0.39, 0.29) is 0 Å². The first-order chi connectivity index (χ1) is 17.9. The topological polar surface area (TPSA) is 20.7 Å². The lowest BCUT2D eigenvalue weighted by atomic mass is 9.90. The second kappa shape index (κ2) is 8.00. The molecule has 1 aliphatic carbocycles. The maximum Gasteiger partial charge on any atom is 0.0786 e. The first-order valence-electron chi connectivity index (χ1n) is 12.5. The molecule has 7 aromatic rings. The Kier molecular flexibility index (Phi) is 4.62. The van der Waals surface area contributed by atoms with Crippen LogP contribution in [0.1, 0.15) is 11.1 Å². The van der Waals surface area contributed by atoms with Gasteiger partial charge in [0.1, 0.15) is 0 Å². The molecule has 172 valence electrons. The number of H-pyrrole nitrogens is 1. The summed E-state index contributed by atoms with van der Waals surface area (Å²) < 4.78 is 2.49. The monoisotopic (exact) mass is 462 g/mol. The van der Waals surface area contributed by atoms with Gasteiger partial charge in [0.25, 0.3) is 0 Å². The maximum atomic E-state index is 3.79. The van der Waals surface area contributed by atoms with Gasteiger partial charge in [-0.2, -0.15) is 0 Å². The molecule has 1 N–H and O–H groups in total. The van der Waals surface area contributed by atoms with Gasteiger partial charge in [0.15, 0.2) is 0 Å². The zero-order chi connectivity index (χ0) is 24.2. The van der Waals surface area contributed by atoms with E-state index in [0.717, 1.165) is 12.8 Å². The highest BCUT2D eigenvalue weighted by Crippen LogP contribution is 2.44. The van der Waals surface area contributed by atoms with Crippen LogP contribution in [0.3, 0.4) is 0 Å². The van der Waals surface area contributed by atoms with Crippen molar-refractivity contribution >= 4 is 43.6 Å². The van der Waals surface area contributed by atoms with E-state index < -0.39 is 0 Å². The largest absolute Gasteiger partial charge is 0.353 e. The smallest absolute Gasteiger partial charge is 0.0786 e. The summed E-state index contributed by atoms with van der Waals surface area (Å²) in [7, 11) is 0. The van der Waals surface area contributed by atoms with Crippen LogP contribution in [0.15, 0.2) is 116 Å². The van der Waals surface area contributed by atoms with Crippen LogP contribution in [0.5, 0.6) is 0 Å². The van der Waals surface area contributed by atoms with Gasteiger partial charge in [-0.05, 0) is 65.4 Å². The highest BCUT2D eigenvalue weighted by Gasteiger charge is 2.24. The Morgan fingerprint density at radius 3 is 2.25 bits per heavy atom. The molecule has 0 atom stereocenters. The number of hydrogen-bond donors (Lipinski definition) is 1. The zero-order valence-corrected chi connectivity index (χ0v) is 20.1. The van der Waals surface area contributed by atoms with Gasteiger partial charge in [-0.15, -0.1) is 13.2 Å². The fourth-order valence-electron chi connectivity index (χ4n) is 6.11. The van der Waals surface area contributed by atoms with Crippen molar-refractivity contribution in [1.82, 2.24) is 9.55 Å². The quantitative estimate of drug-likeness (QED) is 0.248. The maximum absolute atomic E-state index is 3.79. The molecule has 0 aliphatic heterocycles. The number of benzene rings is 5. The summed E-state index contributed by atoms with van der Waals surface area (Å²) in [6.45, 7) is 6.00. The van der Waals surface area contributed by atoms with E-state index in [4.69, 9.17) is 0 Å². The van der Waals surface area contributed by atoms with Crippen LogP contribution in [-0.4, -0.2) is 9.55 Å². The third-order valence-corrected chi connectivity index (χ3v) is 7.58. The van der Waals surface area contributed by atoms with Crippen LogP contribution >= 0.6 is 0 Å². The average molecular weight is 463 g/mol. The molecule has 8 rings (SSSR count). The lowest BCUT2D eigenvalue weighted by molar-refractivity contribution is 0.971. The molecule has 0 amide bonds. The summed E-state index contributed by atoms with van der Waals surface area (Å²) >= 11 is 0. The number of aromatic nitrogens is 2. The van der Waals surface area contributed by atoms with E-state index in [1.54, 1.807) is 0 Å².